The third kappa shape index (κ3) is 4.85. The van der Waals surface area contributed by atoms with Crippen LogP contribution in [0.1, 0.15) is 49.4 Å². The van der Waals surface area contributed by atoms with E-state index in [1.54, 1.807) is 24.3 Å². The molecule has 3 rings (SSSR count). The summed E-state index contributed by atoms with van der Waals surface area (Å²) in [5.41, 5.74) is 12.3. The smallest absolute Gasteiger partial charge is 0.333 e. The van der Waals surface area contributed by atoms with Crippen molar-refractivity contribution in [2.24, 2.45) is 11.7 Å². The van der Waals surface area contributed by atoms with Crippen molar-refractivity contribution in [3.8, 4) is 0 Å². The molecule has 142 valence electrons. The summed E-state index contributed by atoms with van der Waals surface area (Å²) in [7, 11) is 0. The van der Waals surface area contributed by atoms with Crippen LogP contribution in [0, 0.1) is 5.92 Å². The molecule has 1 unspecified atom stereocenters. The number of carbonyl (C=O) groups excluding carboxylic acids is 3. The van der Waals surface area contributed by atoms with Gasteiger partial charge in [-0.15, -0.1) is 11.3 Å². The van der Waals surface area contributed by atoms with E-state index in [0.717, 1.165) is 24.8 Å². The molecule has 0 saturated heterocycles. The minimum Gasteiger partial charge on any atom is -0.366 e. The number of urea groups is 1. The Morgan fingerprint density at radius 1 is 1.22 bits per heavy atom. The molecule has 1 aliphatic rings. The molecule has 7 nitrogen and oxygen atoms in total. The van der Waals surface area contributed by atoms with E-state index < -0.39 is 11.9 Å². The summed E-state index contributed by atoms with van der Waals surface area (Å²) < 4.78 is 0. The highest BCUT2D eigenvalue weighted by Crippen LogP contribution is 2.32. The van der Waals surface area contributed by atoms with Crippen molar-refractivity contribution in [2.45, 2.75) is 32.7 Å². The van der Waals surface area contributed by atoms with Gasteiger partial charge in [0.25, 0.3) is 5.91 Å². The number of hydrogen-bond acceptors (Lipinski definition) is 4. The topological polar surface area (TPSA) is 113 Å². The summed E-state index contributed by atoms with van der Waals surface area (Å²) in [6, 6.07) is 8.05. The van der Waals surface area contributed by atoms with Crippen LogP contribution in [0.2, 0.25) is 0 Å². The summed E-state index contributed by atoms with van der Waals surface area (Å²) in [6.07, 6.45) is 3.15. The van der Waals surface area contributed by atoms with Gasteiger partial charge in [-0.3, -0.25) is 15.0 Å². The van der Waals surface area contributed by atoms with Crippen molar-refractivity contribution in [1.82, 2.24) is 16.2 Å². The molecule has 1 aliphatic carbocycles. The van der Waals surface area contributed by atoms with E-state index in [4.69, 9.17) is 5.73 Å². The van der Waals surface area contributed by atoms with Crippen molar-refractivity contribution in [3.05, 3.63) is 56.8 Å². The summed E-state index contributed by atoms with van der Waals surface area (Å²) in [4.78, 5) is 37.2. The number of thiophene rings is 1. The Kier molecular flexibility index (Phi) is 5.75. The van der Waals surface area contributed by atoms with E-state index in [2.05, 4.69) is 23.1 Å². The Labute approximate surface area is 161 Å². The lowest BCUT2D eigenvalue weighted by Crippen LogP contribution is -2.46. The third-order valence-electron chi connectivity index (χ3n) is 4.51. The van der Waals surface area contributed by atoms with Crippen molar-refractivity contribution >= 4 is 29.2 Å². The van der Waals surface area contributed by atoms with Gasteiger partial charge in [-0.25, -0.2) is 10.2 Å². The molecule has 1 aromatic heterocycles. The van der Waals surface area contributed by atoms with Crippen LogP contribution < -0.4 is 21.9 Å². The van der Waals surface area contributed by atoms with Gasteiger partial charge in [-0.1, -0.05) is 19.1 Å². The molecule has 0 radical (unpaired) electrons. The van der Waals surface area contributed by atoms with Gasteiger partial charge in [-0.2, -0.15) is 0 Å². The zero-order valence-electron chi connectivity index (χ0n) is 15.0. The van der Waals surface area contributed by atoms with Gasteiger partial charge in [0.1, 0.15) is 0 Å². The standard InChI is InChI=1S/C19H22N4O3S/c1-11-5-6-15-14(7-11)9-16(27-15)18(25)22-23-19(26)21-10-12-3-2-4-13(8-12)17(20)24/h2-4,8-9,11H,5-7,10H2,1H3,(H2,20,24)(H,22,25)(H2,21,23,26). The molecule has 1 heterocycles. The first-order chi connectivity index (χ1) is 12.9. The second-order valence-corrected chi connectivity index (χ2v) is 7.87. The van der Waals surface area contributed by atoms with Crippen LogP contribution in [0.5, 0.6) is 0 Å². The summed E-state index contributed by atoms with van der Waals surface area (Å²) in [5.74, 6) is -0.213. The van der Waals surface area contributed by atoms with Gasteiger partial charge in [0, 0.05) is 17.0 Å². The number of amides is 4. The zero-order chi connectivity index (χ0) is 19.4. The number of aryl methyl sites for hydroxylation is 1. The van der Waals surface area contributed by atoms with Crippen molar-refractivity contribution < 1.29 is 14.4 Å². The van der Waals surface area contributed by atoms with Crippen LogP contribution in [0.15, 0.2) is 30.3 Å². The fourth-order valence-electron chi connectivity index (χ4n) is 3.05. The van der Waals surface area contributed by atoms with Crippen LogP contribution in [0.4, 0.5) is 4.79 Å². The Morgan fingerprint density at radius 2 is 2.04 bits per heavy atom. The number of fused-ring (bicyclic) bond motifs is 1. The normalized spacial score (nSPS) is 15.5. The molecule has 0 spiro atoms. The Hall–Kier alpha value is -2.87. The predicted octanol–water partition coefficient (Wildman–Crippen LogP) is 2.12. The summed E-state index contributed by atoms with van der Waals surface area (Å²) in [6.45, 7) is 2.42. The van der Waals surface area contributed by atoms with E-state index >= 15 is 0 Å². The van der Waals surface area contributed by atoms with Crippen molar-refractivity contribution in [3.63, 3.8) is 0 Å². The Bertz CT molecular complexity index is 878. The van der Waals surface area contributed by atoms with Crippen LogP contribution in [0.3, 0.4) is 0 Å². The molecule has 2 aromatic rings. The summed E-state index contributed by atoms with van der Waals surface area (Å²) >= 11 is 1.48. The van der Waals surface area contributed by atoms with Crippen LogP contribution in [0.25, 0.3) is 0 Å². The lowest BCUT2D eigenvalue weighted by atomic mass is 9.90. The molecule has 4 amide bonds. The van der Waals surface area contributed by atoms with Gasteiger partial charge < -0.3 is 11.1 Å². The largest absolute Gasteiger partial charge is 0.366 e. The van der Waals surface area contributed by atoms with Gasteiger partial charge in [-0.05, 0) is 54.5 Å². The molecule has 8 heteroatoms. The first kappa shape index (κ1) is 18.9. The number of benzene rings is 1. The fourth-order valence-corrected chi connectivity index (χ4v) is 4.16. The third-order valence-corrected chi connectivity index (χ3v) is 5.74. The SMILES string of the molecule is CC1CCc2sc(C(=O)NNC(=O)NCc3cccc(C(N)=O)c3)cc2C1. The molecule has 0 fully saturated rings. The molecule has 0 bridgehead atoms. The Balaban J connectivity index is 1.48. The molecular weight excluding hydrogens is 364 g/mol. The highest BCUT2D eigenvalue weighted by molar-refractivity contribution is 7.14. The number of nitrogens with two attached hydrogens (primary N) is 1. The fraction of sp³-hybridized carbons (Fsp3) is 0.316. The average Bonchev–Trinajstić information content (AvgIpc) is 3.07. The molecule has 0 saturated carbocycles. The maximum atomic E-state index is 12.2. The number of hydrogen-bond donors (Lipinski definition) is 4. The maximum Gasteiger partial charge on any atom is 0.333 e. The van der Waals surface area contributed by atoms with E-state index in [0.29, 0.717) is 16.4 Å². The molecule has 0 aliphatic heterocycles. The number of rotatable bonds is 4. The van der Waals surface area contributed by atoms with Crippen molar-refractivity contribution in [1.29, 1.82) is 0 Å². The maximum absolute atomic E-state index is 12.2. The average molecular weight is 386 g/mol. The number of nitrogens with one attached hydrogen (secondary N) is 3. The number of carbonyl (C=O) groups is 3. The number of primary amides is 1. The van der Waals surface area contributed by atoms with Crippen molar-refractivity contribution in [2.75, 3.05) is 0 Å². The predicted molar refractivity (Wildman–Crippen MR) is 103 cm³/mol. The van der Waals surface area contributed by atoms with E-state index in [9.17, 15) is 14.4 Å². The highest BCUT2D eigenvalue weighted by Gasteiger charge is 2.20. The Morgan fingerprint density at radius 3 is 2.81 bits per heavy atom. The first-order valence-corrected chi connectivity index (χ1v) is 9.58. The van der Waals surface area contributed by atoms with E-state index in [-0.39, 0.29) is 12.5 Å². The monoisotopic (exact) mass is 386 g/mol. The van der Waals surface area contributed by atoms with E-state index in [1.165, 1.54) is 21.8 Å². The van der Waals surface area contributed by atoms with Gasteiger partial charge in [0.05, 0.1) is 4.88 Å². The second kappa shape index (κ2) is 8.22. The molecule has 27 heavy (non-hydrogen) atoms. The first-order valence-electron chi connectivity index (χ1n) is 8.77. The summed E-state index contributed by atoms with van der Waals surface area (Å²) in [5, 5.41) is 2.61. The lowest BCUT2D eigenvalue weighted by molar-refractivity contribution is 0.0939. The number of hydrazine groups is 1. The van der Waals surface area contributed by atoms with Crippen LogP contribution in [-0.4, -0.2) is 17.8 Å². The van der Waals surface area contributed by atoms with Crippen LogP contribution in [-0.2, 0) is 19.4 Å². The van der Waals surface area contributed by atoms with E-state index in [1.807, 2.05) is 6.07 Å². The molecule has 1 atom stereocenters. The molecule has 1 aromatic carbocycles. The minimum absolute atomic E-state index is 0.202. The molecule has 5 N–H and O–H groups in total. The lowest BCUT2D eigenvalue weighted by Gasteiger charge is -2.16. The quantitative estimate of drug-likeness (QED) is 0.604. The molecular formula is C19H22N4O3S. The van der Waals surface area contributed by atoms with Gasteiger partial charge >= 0.3 is 6.03 Å². The highest BCUT2D eigenvalue weighted by atomic mass is 32.1. The minimum atomic E-state index is -0.539. The van der Waals surface area contributed by atoms with Gasteiger partial charge in [0.2, 0.25) is 5.91 Å². The van der Waals surface area contributed by atoms with Gasteiger partial charge in [0.15, 0.2) is 0 Å². The van der Waals surface area contributed by atoms with Crippen LogP contribution >= 0.6 is 11.3 Å². The zero-order valence-corrected chi connectivity index (χ0v) is 15.8. The second-order valence-electron chi connectivity index (χ2n) is 6.73.